The van der Waals surface area contributed by atoms with Gasteiger partial charge in [0.05, 0.1) is 11.1 Å². The zero-order valence-corrected chi connectivity index (χ0v) is 12.8. The molecule has 0 bridgehead atoms. The molecule has 4 aromatic rings. The Kier molecular flexibility index (Phi) is 2.76. The highest BCUT2D eigenvalue weighted by Crippen LogP contribution is 2.32. The highest BCUT2D eigenvalue weighted by atomic mass is 15.1. The van der Waals surface area contributed by atoms with Crippen LogP contribution in [0.4, 0.5) is 0 Å². The molecule has 110 valence electrons. The van der Waals surface area contributed by atoms with E-state index in [1.807, 2.05) is 36.3 Å². The molecule has 5 heteroatoms. The average molecular weight is 291 g/mol. The number of aromatic nitrogens is 5. The molecule has 0 saturated heterocycles. The van der Waals surface area contributed by atoms with Crippen LogP contribution in [0.1, 0.15) is 25.5 Å². The Morgan fingerprint density at radius 1 is 1.18 bits per heavy atom. The number of aryl methyl sites for hydroxylation is 1. The van der Waals surface area contributed by atoms with E-state index in [4.69, 9.17) is 0 Å². The van der Waals surface area contributed by atoms with E-state index in [-0.39, 0.29) is 0 Å². The van der Waals surface area contributed by atoms with Crippen molar-refractivity contribution in [2.24, 2.45) is 7.05 Å². The molecule has 0 fully saturated rings. The summed E-state index contributed by atoms with van der Waals surface area (Å²) in [6.07, 6.45) is 5.77. The number of hydrogen-bond donors (Lipinski definition) is 1. The van der Waals surface area contributed by atoms with Crippen LogP contribution < -0.4 is 0 Å². The van der Waals surface area contributed by atoms with Gasteiger partial charge in [-0.3, -0.25) is 5.10 Å². The van der Waals surface area contributed by atoms with Gasteiger partial charge < -0.3 is 4.57 Å². The Labute approximate surface area is 128 Å². The van der Waals surface area contributed by atoms with Crippen molar-refractivity contribution in [2.75, 3.05) is 0 Å². The molecule has 0 aliphatic carbocycles. The summed E-state index contributed by atoms with van der Waals surface area (Å²) in [4.78, 5) is 8.99. The van der Waals surface area contributed by atoms with Gasteiger partial charge in [-0.1, -0.05) is 13.8 Å². The molecular formula is C17H17N5. The second kappa shape index (κ2) is 4.66. The number of nitrogens with one attached hydrogen (secondary N) is 1. The molecule has 22 heavy (non-hydrogen) atoms. The van der Waals surface area contributed by atoms with E-state index in [2.05, 4.69) is 46.1 Å². The van der Waals surface area contributed by atoms with Crippen LogP contribution in [0.15, 0.2) is 36.8 Å². The summed E-state index contributed by atoms with van der Waals surface area (Å²) in [5.74, 6) is 0.338. The van der Waals surface area contributed by atoms with Crippen LogP contribution in [-0.4, -0.2) is 24.7 Å². The largest absolute Gasteiger partial charge is 0.336 e. The first-order valence-electron chi connectivity index (χ1n) is 7.39. The third-order valence-electron chi connectivity index (χ3n) is 4.05. The Balaban J connectivity index is 2.00. The Morgan fingerprint density at radius 2 is 2.05 bits per heavy atom. The number of pyridine rings is 2. The summed E-state index contributed by atoms with van der Waals surface area (Å²) in [5, 5.41) is 9.70. The highest BCUT2D eigenvalue weighted by Gasteiger charge is 2.15. The number of rotatable bonds is 2. The summed E-state index contributed by atoms with van der Waals surface area (Å²) >= 11 is 0. The highest BCUT2D eigenvalue weighted by molar-refractivity contribution is 5.96. The van der Waals surface area contributed by atoms with Crippen molar-refractivity contribution in [1.29, 1.82) is 0 Å². The van der Waals surface area contributed by atoms with Gasteiger partial charge in [-0.25, -0.2) is 9.97 Å². The molecular weight excluding hydrogens is 274 g/mol. The van der Waals surface area contributed by atoms with Crippen molar-refractivity contribution < 1.29 is 0 Å². The fourth-order valence-corrected chi connectivity index (χ4v) is 2.94. The molecule has 0 aliphatic heterocycles. The summed E-state index contributed by atoms with van der Waals surface area (Å²) < 4.78 is 2.03. The third-order valence-corrected chi connectivity index (χ3v) is 4.05. The Morgan fingerprint density at radius 3 is 2.86 bits per heavy atom. The fraction of sp³-hybridized carbons (Fsp3) is 0.235. The molecule has 4 aromatic heterocycles. The van der Waals surface area contributed by atoms with E-state index in [1.165, 1.54) is 0 Å². The molecule has 0 aromatic carbocycles. The van der Waals surface area contributed by atoms with Gasteiger partial charge in [-0.15, -0.1) is 0 Å². The molecule has 1 N–H and O–H groups in total. The van der Waals surface area contributed by atoms with Crippen molar-refractivity contribution in [3.8, 4) is 11.1 Å². The second-order valence-electron chi connectivity index (χ2n) is 5.91. The number of hydrogen-bond acceptors (Lipinski definition) is 3. The van der Waals surface area contributed by atoms with Crippen LogP contribution in [0, 0.1) is 0 Å². The molecule has 0 unspecified atom stereocenters. The maximum Gasteiger partial charge on any atom is 0.155 e. The second-order valence-corrected chi connectivity index (χ2v) is 5.91. The van der Waals surface area contributed by atoms with Crippen LogP contribution >= 0.6 is 0 Å². The molecule has 0 atom stereocenters. The topological polar surface area (TPSA) is 59.4 Å². The molecule has 4 heterocycles. The lowest BCUT2D eigenvalue weighted by Crippen LogP contribution is -1.92. The van der Waals surface area contributed by atoms with Crippen LogP contribution in [0.2, 0.25) is 0 Å². The lowest BCUT2D eigenvalue weighted by molar-refractivity contribution is 0.817. The van der Waals surface area contributed by atoms with Gasteiger partial charge in [0, 0.05) is 36.6 Å². The average Bonchev–Trinajstić information content (AvgIpc) is 3.11. The van der Waals surface area contributed by atoms with E-state index in [1.54, 1.807) is 0 Å². The number of nitrogens with zero attached hydrogens (tertiary/aromatic N) is 4. The predicted octanol–water partition coefficient (Wildman–Crippen LogP) is 3.64. The van der Waals surface area contributed by atoms with Gasteiger partial charge in [0.15, 0.2) is 5.65 Å². The van der Waals surface area contributed by atoms with E-state index in [9.17, 15) is 0 Å². The molecule has 4 rings (SSSR count). The molecule has 0 amide bonds. The summed E-state index contributed by atoms with van der Waals surface area (Å²) in [7, 11) is 2.01. The standard InChI is InChI=1S/C17H17N5/c1-10(2)15-14-13(4-6-18-16(14)21-20-15)12-8-11-5-7-22(3)17(11)19-9-12/h4-10H,1-3H3,(H,18,20,21). The maximum absolute atomic E-state index is 4.59. The smallest absolute Gasteiger partial charge is 0.155 e. The monoisotopic (exact) mass is 291 g/mol. The van der Waals surface area contributed by atoms with Gasteiger partial charge in [-0.2, -0.15) is 5.10 Å². The summed E-state index contributed by atoms with van der Waals surface area (Å²) in [5.41, 5.74) is 5.08. The lowest BCUT2D eigenvalue weighted by atomic mass is 9.99. The zero-order valence-electron chi connectivity index (χ0n) is 12.8. The minimum atomic E-state index is 0.338. The third kappa shape index (κ3) is 1.82. The van der Waals surface area contributed by atoms with Crippen LogP contribution in [0.5, 0.6) is 0 Å². The SMILES string of the molecule is CC(C)c1n[nH]c2nccc(-c3cnc4c(ccn4C)c3)c12. The first-order chi connectivity index (χ1) is 10.6. The van der Waals surface area contributed by atoms with Crippen molar-refractivity contribution in [1.82, 2.24) is 24.7 Å². The van der Waals surface area contributed by atoms with Crippen molar-refractivity contribution in [3.05, 3.63) is 42.5 Å². The minimum absolute atomic E-state index is 0.338. The van der Waals surface area contributed by atoms with Gasteiger partial charge >= 0.3 is 0 Å². The molecule has 0 aliphatic rings. The Hall–Kier alpha value is -2.69. The van der Waals surface area contributed by atoms with Crippen LogP contribution in [0.25, 0.3) is 33.2 Å². The first-order valence-corrected chi connectivity index (χ1v) is 7.39. The molecule has 0 saturated carbocycles. The van der Waals surface area contributed by atoms with Crippen molar-refractivity contribution >= 4 is 22.1 Å². The zero-order chi connectivity index (χ0) is 15.3. The van der Waals surface area contributed by atoms with Gasteiger partial charge in [0.1, 0.15) is 5.65 Å². The Bertz CT molecular complexity index is 977. The van der Waals surface area contributed by atoms with Crippen LogP contribution in [0.3, 0.4) is 0 Å². The van der Waals surface area contributed by atoms with Gasteiger partial charge in [0.25, 0.3) is 0 Å². The minimum Gasteiger partial charge on any atom is -0.336 e. The van der Waals surface area contributed by atoms with E-state index < -0.39 is 0 Å². The predicted molar refractivity (Wildman–Crippen MR) is 87.7 cm³/mol. The van der Waals surface area contributed by atoms with Gasteiger partial charge in [0.2, 0.25) is 0 Å². The quantitative estimate of drug-likeness (QED) is 0.613. The van der Waals surface area contributed by atoms with Crippen molar-refractivity contribution in [3.63, 3.8) is 0 Å². The maximum atomic E-state index is 4.59. The van der Waals surface area contributed by atoms with Gasteiger partial charge in [-0.05, 0) is 29.7 Å². The molecule has 0 radical (unpaired) electrons. The number of aromatic amines is 1. The first kappa shape index (κ1) is 13.0. The summed E-state index contributed by atoms with van der Waals surface area (Å²) in [6, 6.07) is 6.30. The lowest BCUT2D eigenvalue weighted by Gasteiger charge is -2.07. The summed E-state index contributed by atoms with van der Waals surface area (Å²) in [6.45, 7) is 4.29. The molecule has 0 spiro atoms. The molecule has 5 nitrogen and oxygen atoms in total. The fourth-order valence-electron chi connectivity index (χ4n) is 2.94. The number of fused-ring (bicyclic) bond motifs is 2. The van der Waals surface area contributed by atoms with E-state index in [0.717, 1.165) is 38.9 Å². The van der Waals surface area contributed by atoms with E-state index >= 15 is 0 Å². The van der Waals surface area contributed by atoms with Crippen LogP contribution in [-0.2, 0) is 7.05 Å². The number of H-pyrrole nitrogens is 1. The van der Waals surface area contributed by atoms with Crippen molar-refractivity contribution in [2.45, 2.75) is 19.8 Å². The van der Waals surface area contributed by atoms with E-state index in [0.29, 0.717) is 5.92 Å². The normalized spacial score (nSPS) is 11.8.